The zero-order valence-electron chi connectivity index (χ0n) is 9.39. The van der Waals surface area contributed by atoms with Gasteiger partial charge in [-0.25, -0.2) is 0 Å². The third-order valence-electron chi connectivity index (χ3n) is 3.43. The van der Waals surface area contributed by atoms with Gasteiger partial charge in [0.15, 0.2) is 0 Å². The van der Waals surface area contributed by atoms with E-state index in [-0.39, 0.29) is 0 Å². The van der Waals surface area contributed by atoms with Crippen molar-refractivity contribution in [2.24, 2.45) is 0 Å². The Hall–Kier alpha value is -0.740. The molecule has 0 aromatic rings. The molecule has 0 aromatic heterocycles. The molecule has 1 saturated carbocycles. The van der Waals surface area contributed by atoms with Crippen molar-refractivity contribution in [2.45, 2.75) is 63.4 Å². The van der Waals surface area contributed by atoms with Crippen LogP contribution < -0.4 is 0 Å². The van der Waals surface area contributed by atoms with Crippen LogP contribution in [-0.4, -0.2) is 10.7 Å². The molecular weight excluding hydrogens is 184 g/mol. The van der Waals surface area contributed by atoms with Gasteiger partial charge in [0.1, 0.15) is 5.60 Å². The first kappa shape index (κ1) is 10.8. The second-order valence-electron chi connectivity index (χ2n) is 4.82. The summed E-state index contributed by atoms with van der Waals surface area (Å²) in [5.41, 5.74) is 0.580. The Morgan fingerprint density at radius 1 is 1.07 bits per heavy atom. The lowest BCUT2D eigenvalue weighted by Gasteiger charge is -2.26. The molecule has 2 aliphatic carbocycles. The third-order valence-corrected chi connectivity index (χ3v) is 3.43. The molecule has 0 aliphatic heterocycles. The van der Waals surface area contributed by atoms with Crippen molar-refractivity contribution in [3.05, 3.63) is 11.6 Å². The van der Waals surface area contributed by atoms with Crippen LogP contribution in [0, 0.1) is 11.8 Å². The maximum Gasteiger partial charge on any atom is 0.125 e. The predicted octanol–water partition coefficient (Wildman–Crippen LogP) is 3.19. The van der Waals surface area contributed by atoms with E-state index < -0.39 is 5.60 Å². The van der Waals surface area contributed by atoms with E-state index in [1.165, 1.54) is 31.3 Å². The molecule has 1 heteroatoms. The third kappa shape index (κ3) is 3.11. The lowest BCUT2D eigenvalue weighted by Crippen LogP contribution is -2.29. The van der Waals surface area contributed by atoms with E-state index in [9.17, 15) is 5.11 Å². The van der Waals surface area contributed by atoms with Crippen molar-refractivity contribution in [2.75, 3.05) is 0 Å². The minimum Gasteiger partial charge on any atom is -0.378 e. The number of aliphatic hydroxyl groups is 1. The smallest absolute Gasteiger partial charge is 0.125 e. The summed E-state index contributed by atoms with van der Waals surface area (Å²) in [6.45, 7) is 0. The molecule has 82 valence electrons. The molecule has 1 N–H and O–H groups in total. The van der Waals surface area contributed by atoms with Crippen molar-refractivity contribution in [3.63, 3.8) is 0 Å². The van der Waals surface area contributed by atoms with Gasteiger partial charge in [0.25, 0.3) is 0 Å². The molecule has 0 atom stereocenters. The van der Waals surface area contributed by atoms with Crippen LogP contribution in [0.1, 0.15) is 57.8 Å². The first-order valence-corrected chi connectivity index (χ1v) is 6.23. The van der Waals surface area contributed by atoms with E-state index in [1.54, 1.807) is 0 Å². The minimum atomic E-state index is -0.670. The lowest BCUT2D eigenvalue weighted by atomic mass is 9.85. The summed E-state index contributed by atoms with van der Waals surface area (Å²) in [4.78, 5) is 0. The van der Waals surface area contributed by atoms with Gasteiger partial charge in [0.05, 0.1) is 0 Å². The number of rotatable bonds is 0. The number of hydrogen-bond donors (Lipinski definition) is 1. The molecule has 2 rings (SSSR count). The summed E-state index contributed by atoms with van der Waals surface area (Å²) >= 11 is 0. The van der Waals surface area contributed by atoms with Crippen LogP contribution in [0.2, 0.25) is 0 Å². The van der Waals surface area contributed by atoms with Gasteiger partial charge in [0, 0.05) is 0 Å². The van der Waals surface area contributed by atoms with Crippen molar-refractivity contribution in [1.82, 2.24) is 0 Å². The van der Waals surface area contributed by atoms with Crippen molar-refractivity contribution < 1.29 is 5.11 Å². The minimum absolute atomic E-state index is 0.670. The summed E-state index contributed by atoms with van der Waals surface area (Å²) in [5.74, 6) is 6.30. The second kappa shape index (κ2) is 4.86. The maximum absolute atomic E-state index is 10.2. The van der Waals surface area contributed by atoms with E-state index in [2.05, 4.69) is 17.9 Å². The van der Waals surface area contributed by atoms with Crippen LogP contribution in [0.4, 0.5) is 0 Å². The fourth-order valence-corrected chi connectivity index (χ4v) is 2.41. The Bertz CT molecular complexity index is 297. The quantitative estimate of drug-likeness (QED) is 0.601. The van der Waals surface area contributed by atoms with Gasteiger partial charge in [0.2, 0.25) is 0 Å². The van der Waals surface area contributed by atoms with Gasteiger partial charge in [-0.05, 0) is 56.9 Å². The van der Waals surface area contributed by atoms with E-state index in [1.807, 2.05) is 0 Å². The van der Waals surface area contributed by atoms with Gasteiger partial charge >= 0.3 is 0 Å². The highest BCUT2D eigenvalue weighted by Gasteiger charge is 2.26. The molecule has 0 aromatic carbocycles. The first-order chi connectivity index (χ1) is 7.29. The molecule has 0 saturated heterocycles. The van der Waals surface area contributed by atoms with Crippen molar-refractivity contribution in [1.29, 1.82) is 0 Å². The molecule has 2 aliphatic rings. The predicted molar refractivity (Wildman–Crippen MR) is 62.4 cm³/mol. The Labute approximate surface area is 92.6 Å². The summed E-state index contributed by atoms with van der Waals surface area (Å²) in [6, 6.07) is 0. The van der Waals surface area contributed by atoms with Crippen LogP contribution in [-0.2, 0) is 0 Å². The molecule has 15 heavy (non-hydrogen) atoms. The molecule has 0 spiro atoms. The Morgan fingerprint density at radius 2 is 1.87 bits per heavy atom. The summed E-state index contributed by atoms with van der Waals surface area (Å²) < 4.78 is 0. The van der Waals surface area contributed by atoms with Gasteiger partial charge < -0.3 is 5.11 Å². The Kier molecular flexibility index (Phi) is 3.49. The Balaban J connectivity index is 1.99. The van der Waals surface area contributed by atoms with E-state index in [4.69, 9.17) is 0 Å². The van der Waals surface area contributed by atoms with Gasteiger partial charge in [-0.15, -0.1) is 0 Å². The van der Waals surface area contributed by atoms with Crippen molar-refractivity contribution >= 4 is 0 Å². The molecule has 0 bridgehead atoms. The molecule has 1 nitrogen and oxygen atoms in total. The maximum atomic E-state index is 10.2. The van der Waals surface area contributed by atoms with Gasteiger partial charge in [-0.2, -0.15) is 0 Å². The lowest BCUT2D eigenvalue weighted by molar-refractivity contribution is 0.0610. The van der Waals surface area contributed by atoms with E-state index in [0.717, 1.165) is 32.1 Å². The largest absolute Gasteiger partial charge is 0.378 e. The summed E-state index contributed by atoms with van der Waals surface area (Å²) in [6.07, 6.45) is 12.3. The van der Waals surface area contributed by atoms with Gasteiger partial charge in [-0.1, -0.05) is 24.3 Å². The average Bonchev–Trinajstić information content (AvgIpc) is 2.29. The van der Waals surface area contributed by atoms with E-state index in [0.29, 0.717) is 0 Å². The fraction of sp³-hybridized carbons (Fsp3) is 0.714. The molecule has 0 radical (unpaired) electrons. The SMILES string of the molecule is OC1(C#CC2=CCCCC2)CCCCC1. The highest BCUT2D eigenvalue weighted by molar-refractivity contribution is 5.32. The number of allylic oxidation sites excluding steroid dienone is 2. The number of hydrogen-bond acceptors (Lipinski definition) is 1. The average molecular weight is 204 g/mol. The second-order valence-corrected chi connectivity index (χ2v) is 4.82. The zero-order chi connectivity index (χ0) is 10.6. The van der Waals surface area contributed by atoms with Crippen LogP contribution in [0.3, 0.4) is 0 Å². The molecule has 0 unspecified atom stereocenters. The molecule has 0 heterocycles. The molecule has 1 fully saturated rings. The van der Waals surface area contributed by atoms with Crippen molar-refractivity contribution in [3.8, 4) is 11.8 Å². The van der Waals surface area contributed by atoms with Crippen LogP contribution in [0.15, 0.2) is 11.6 Å². The fourth-order valence-electron chi connectivity index (χ4n) is 2.41. The monoisotopic (exact) mass is 204 g/mol. The summed E-state index contributed by atoms with van der Waals surface area (Å²) in [7, 11) is 0. The molecular formula is C14H20O. The first-order valence-electron chi connectivity index (χ1n) is 6.23. The van der Waals surface area contributed by atoms with Crippen LogP contribution >= 0.6 is 0 Å². The topological polar surface area (TPSA) is 20.2 Å². The highest BCUT2D eigenvalue weighted by Crippen LogP contribution is 2.27. The standard InChI is InChI=1S/C14H20O/c15-14(10-5-2-6-11-14)12-9-13-7-3-1-4-8-13/h7,15H,1-6,8,10-11H2. The van der Waals surface area contributed by atoms with Crippen LogP contribution in [0.5, 0.6) is 0 Å². The van der Waals surface area contributed by atoms with Crippen LogP contribution in [0.25, 0.3) is 0 Å². The zero-order valence-corrected chi connectivity index (χ0v) is 9.39. The molecule has 0 amide bonds. The normalized spacial score (nSPS) is 25.0. The Morgan fingerprint density at radius 3 is 2.53 bits per heavy atom. The highest BCUT2D eigenvalue weighted by atomic mass is 16.3. The van der Waals surface area contributed by atoms with E-state index >= 15 is 0 Å². The van der Waals surface area contributed by atoms with Gasteiger partial charge in [-0.3, -0.25) is 0 Å². The summed E-state index contributed by atoms with van der Waals surface area (Å²) in [5, 5.41) is 10.2.